The molecule has 158 valence electrons. The maximum absolute atomic E-state index is 13.6. The van der Waals surface area contributed by atoms with Crippen molar-refractivity contribution < 1.29 is 33.4 Å². The Morgan fingerprint density at radius 1 is 0.935 bits per heavy atom. The maximum Gasteiger partial charge on any atom is 0.333 e. The van der Waals surface area contributed by atoms with Crippen LogP contribution in [0.25, 0.3) is 0 Å². The molecule has 0 bridgehead atoms. The number of Topliss-reactive ketones (excluding diaryl/α,β-unsaturated/α-hetero) is 2. The van der Waals surface area contributed by atoms with E-state index in [0.29, 0.717) is 4.47 Å². The van der Waals surface area contributed by atoms with Crippen molar-refractivity contribution in [3.63, 3.8) is 0 Å². The molecular formula is C23H17BrO7. The minimum Gasteiger partial charge on any atom is -0.465 e. The van der Waals surface area contributed by atoms with Crippen LogP contribution in [0.4, 0.5) is 0 Å². The van der Waals surface area contributed by atoms with Crippen LogP contribution in [0, 0.1) is 0 Å². The Kier molecular flexibility index (Phi) is 5.26. The van der Waals surface area contributed by atoms with Gasteiger partial charge in [0.25, 0.3) is 0 Å². The Morgan fingerprint density at radius 2 is 1.52 bits per heavy atom. The lowest BCUT2D eigenvalue weighted by Gasteiger charge is -2.38. The van der Waals surface area contributed by atoms with Crippen LogP contribution in [0.15, 0.2) is 58.3 Å². The van der Waals surface area contributed by atoms with Crippen molar-refractivity contribution in [1.82, 2.24) is 0 Å². The Morgan fingerprint density at radius 3 is 2.10 bits per heavy atom. The fourth-order valence-electron chi connectivity index (χ4n) is 3.91. The highest BCUT2D eigenvalue weighted by atomic mass is 79.9. The number of carbonyl (C=O) groups is 4. The third-order valence-electron chi connectivity index (χ3n) is 5.17. The highest BCUT2D eigenvalue weighted by Gasteiger charge is 2.62. The average molecular weight is 485 g/mol. The van der Waals surface area contributed by atoms with Crippen molar-refractivity contribution in [2.45, 2.75) is 19.3 Å². The first-order valence-electron chi connectivity index (χ1n) is 9.63. The van der Waals surface area contributed by atoms with Crippen LogP contribution in [0.3, 0.4) is 0 Å². The largest absolute Gasteiger partial charge is 0.465 e. The zero-order valence-electron chi connectivity index (χ0n) is 16.7. The zero-order valence-corrected chi connectivity index (χ0v) is 18.3. The fourth-order valence-corrected chi connectivity index (χ4v) is 4.25. The lowest BCUT2D eigenvalue weighted by molar-refractivity contribution is -0.162. The van der Waals surface area contributed by atoms with Crippen LogP contribution in [-0.2, 0) is 24.5 Å². The number of hydrogen-bond donors (Lipinski definition) is 0. The molecule has 1 aliphatic carbocycles. The molecule has 4 rings (SSSR count). The summed E-state index contributed by atoms with van der Waals surface area (Å²) in [6.07, 6.45) is 0. The maximum atomic E-state index is 13.6. The lowest BCUT2D eigenvalue weighted by Crippen LogP contribution is -2.53. The Hall–Kier alpha value is -3.26. The summed E-state index contributed by atoms with van der Waals surface area (Å²) in [6, 6.07) is 10.8. The summed E-state index contributed by atoms with van der Waals surface area (Å²) >= 11 is 3.32. The van der Waals surface area contributed by atoms with Gasteiger partial charge in [0.2, 0.25) is 11.2 Å². The molecular weight excluding hydrogens is 468 g/mol. The van der Waals surface area contributed by atoms with E-state index in [4.69, 9.17) is 14.2 Å². The molecule has 0 atom stereocenters. The minimum atomic E-state index is -2.30. The molecule has 0 fully saturated rings. The van der Waals surface area contributed by atoms with Crippen LogP contribution in [0.2, 0.25) is 0 Å². The fraction of sp³-hybridized carbons (Fsp3) is 0.217. The van der Waals surface area contributed by atoms with E-state index in [-0.39, 0.29) is 47.0 Å². The van der Waals surface area contributed by atoms with E-state index in [2.05, 4.69) is 15.9 Å². The summed E-state index contributed by atoms with van der Waals surface area (Å²) in [7, 11) is 0. The number of rotatable bonds is 4. The summed E-state index contributed by atoms with van der Waals surface area (Å²) in [5.74, 6) is -3.58. The molecule has 31 heavy (non-hydrogen) atoms. The van der Waals surface area contributed by atoms with Crippen LogP contribution in [0.5, 0.6) is 5.75 Å². The first-order chi connectivity index (χ1) is 14.9. The molecule has 2 aromatic rings. The predicted molar refractivity (Wildman–Crippen MR) is 112 cm³/mol. The molecule has 7 nitrogen and oxygen atoms in total. The van der Waals surface area contributed by atoms with E-state index in [0.717, 1.165) is 0 Å². The molecule has 1 aliphatic heterocycles. The van der Waals surface area contributed by atoms with E-state index in [1.165, 1.54) is 24.3 Å². The second-order valence-corrected chi connectivity index (χ2v) is 7.76. The highest BCUT2D eigenvalue weighted by Crippen LogP contribution is 2.50. The standard InChI is InChI=1S/C23H17BrO7/c1-3-29-21(27)23(22(28)30-4-2)15-10-9-12(24)11-16(15)31-20-17(23)18(25)13-7-5-6-8-14(13)19(20)26/h5-11H,3-4H2,1-2H3. The first kappa shape index (κ1) is 21.0. The number of carbonyl (C=O) groups excluding carboxylic acids is 4. The van der Waals surface area contributed by atoms with Crippen molar-refractivity contribution in [3.05, 3.63) is 75.0 Å². The number of fused-ring (bicyclic) bond motifs is 2. The summed E-state index contributed by atoms with van der Waals surface area (Å²) in [5.41, 5.74) is -2.40. The van der Waals surface area contributed by atoms with Gasteiger partial charge in [-0.25, -0.2) is 0 Å². The average Bonchev–Trinajstić information content (AvgIpc) is 2.76. The van der Waals surface area contributed by atoms with Crippen molar-refractivity contribution in [3.8, 4) is 5.75 Å². The molecule has 2 aromatic carbocycles. The quantitative estimate of drug-likeness (QED) is 0.483. The van der Waals surface area contributed by atoms with Gasteiger partial charge in [-0.15, -0.1) is 0 Å². The van der Waals surface area contributed by atoms with Crippen molar-refractivity contribution in [2.24, 2.45) is 0 Å². The van der Waals surface area contributed by atoms with Crippen molar-refractivity contribution in [2.75, 3.05) is 13.2 Å². The van der Waals surface area contributed by atoms with Gasteiger partial charge in [0, 0.05) is 21.2 Å². The van der Waals surface area contributed by atoms with E-state index in [1.807, 2.05) is 0 Å². The van der Waals surface area contributed by atoms with Crippen LogP contribution in [0.1, 0.15) is 40.1 Å². The molecule has 8 heteroatoms. The van der Waals surface area contributed by atoms with Gasteiger partial charge >= 0.3 is 11.9 Å². The van der Waals surface area contributed by atoms with Gasteiger partial charge in [-0.1, -0.05) is 46.3 Å². The number of halogens is 1. The molecule has 2 aliphatic rings. The van der Waals surface area contributed by atoms with Gasteiger partial charge in [0.1, 0.15) is 5.75 Å². The van der Waals surface area contributed by atoms with Crippen molar-refractivity contribution in [1.29, 1.82) is 0 Å². The smallest absolute Gasteiger partial charge is 0.333 e. The third-order valence-corrected chi connectivity index (χ3v) is 5.67. The number of benzene rings is 2. The number of allylic oxidation sites excluding steroid dienone is 1. The second kappa shape index (κ2) is 7.77. The summed E-state index contributed by atoms with van der Waals surface area (Å²) < 4.78 is 16.9. The number of esters is 2. The monoisotopic (exact) mass is 484 g/mol. The molecule has 0 spiro atoms. The van der Waals surface area contributed by atoms with Crippen LogP contribution in [-0.4, -0.2) is 36.7 Å². The number of ketones is 2. The summed E-state index contributed by atoms with van der Waals surface area (Å²) in [4.78, 5) is 53.7. The van der Waals surface area contributed by atoms with Gasteiger partial charge in [0.05, 0.1) is 18.8 Å². The van der Waals surface area contributed by atoms with Gasteiger partial charge in [-0.2, -0.15) is 0 Å². The van der Waals surface area contributed by atoms with Crippen LogP contribution >= 0.6 is 15.9 Å². The first-order valence-corrected chi connectivity index (χ1v) is 10.4. The van der Waals surface area contributed by atoms with Gasteiger partial charge in [-0.05, 0) is 26.0 Å². The normalized spacial score (nSPS) is 16.0. The molecule has 0 amide bonds. The molecule has 1 heterocycles. The third kappa shape index (κ3) is 2.93. The Bertz CT molecular complexity index is 1160. The molecule has 0 N–H and O–H groups in total. The van der Waals surface area contributed by atoms with Crippen molar-refractivity contribution >= 4 is 39.4 Å². The summed E-state index contributed by atoms with van der Waals surface area (Å²) in [5, 5.41) is 0. The molecule has 0 saturated heterocycles. The van der Waals surface area contributed by atoms with Gasteiger partial charge < -0.3 is 14.2 Å². The Labute approximate surface area is 186 Å². The van der Waals surface area contributed by atoms with Crippen LogP contribution < -0.4 is 4.74 Å². The molecule has 0 aromatic heterocycles. The SMILES string of the molecule is CCOC(=O)C1(C(=O)OCC)C2=C(Oc3cc(Br)ccc31)C(=O)c1ccccc1C2=O. The zero-order chi connectivity index (χ0) is 22.3. The minimum absolute atomic E-state index is 0.0476. The van der Waals surface area contributed by atoms with Gasteiger partial charge in [-0.3, -0.25) is 19.2 Å². The molecule has 0 saturated carbocycles. The van der Waals surface area contributed by atoms with E-state index in [9.17, 15) is 19.2 Å². The highest BCUT2D eigenvalue weighted by molar-refractivity contribution is 9.10. The topological polar surface area (TPSA) is 96.0 Å². The Balaban J connectivity index is 2.11. The predicted octanol–water partition coefficient (Wildman–Crippen LogP) is 3.54. The molecule has 0 unspecified atom stereocenters. The summed E-state index contributed by atoms with van der Waals surface area (Å²) in [6.45, 7) is 3.07. The second-order valence-electron chi connectivity index (χ2n) is 6.84. The van der Waals surface area contributed by atoms with Gasteiger partial charge in [0.15, 0.2) is 11.5 Å². The number of ether oxygens (including phenoxy) is 3. The lowest BCUT2D eigenvalue weighted by atomic mass is 9.66. The molecule has 0 radical (unpaired) electrons. The van der Waals surface area contributed by atoms with E-state index < -0.39 is 28.9 Å². The van der Waals surface area contributed by atoms with E-state index >= 15 is 0 Å². The number of hydrogen-bond acceptors (Lipinski definition) is 7. The van der Waals surface area contributed by atoms with E-state index in [1.54, 1.807) is 32.0 Å².